The van der Waals surface area contributed by atoms with Crippen LogP contribution in [0.5, 0.6) is 0 Å². The molecule has 0 N–H and O–H groups in total. The second-order valence-corrected chi connectivity index (χ2v) is 2.15. The molecule has 0 aliphatic rings. The summed E-state index contributed by atoms with van der Waals surface area (Å²) >= 11 is 0. The number of carbonyl (C=O) groups is 1. The monoisotopic (exact) mass is 151 g/mol. The van der Waals surface area contributed by atoms with Gasteiger partial charge in [0, 0.05) is 1.37 Å². The van der Waals surface area contributed by atoms with E-state index in [0.717, 1.165) is 0 Å². The molecular weight excluding hydrogens is 140 g/mol. The van der Waals surface area contributed by atoms with E-state index < -0.39 is 0 Å². The van der Waals surface area contributed by atoms with Crippen molar-refractivity contribution in [3.8, 4) is 0 Å². The maximum absolute atomic E-state index is 11.1. The summed E-state index contributed by atoms with van der Waals surface area (Å²) < 4.78 is 11.7. The van der Waals surface area contributed by atoms with Crippen LogP contribution in [0.25, 0.3) is 0 Å². The first kappa shape index (κ1) is 6.40. The van der Waals surface area contributed by atoms with E-state index in [0.29, 0.717) is 11.1 Å². The molecule has 2 nitrogen and oxygen atoms in total. The highest BCUT2D eigenvalue weighted by atomic mass is 16.5. The van der Waals surface area contributed by atoms with E-state index in [1.54, 1.807) is 24.3 Å². The highest BCUT2D eigenvalue weighted by Gasteiger charge is 2.05. The first-order valence-electron chi connectivity index (χ1n) is 3.95. The van der Waals surface area contributed by atoms with E-state index in [9.17, 15) is 4.79 Å². The molecule has 0 spiro atoms. The molecule has 1 aromatic carbocycles. The third-order valence-electron chi connectivity index (χ3n) is 1.42. The molecule has 0 bridgehead atoms. The maximum Gasteiger partial charge on any atom is 0.338 e. The lowest BCUT2D eigenvalue weighted by Crippen LogP contribution is -2.02. The molecule has 0 aliphatic carbocycles. The molecule has 0 amide bonds. The molecule has 0 atom stereocenters. The zero-order valence-electron chi connectivity index (χ0n) is 7.33. The van der Waals surface area contributed by atoms with Crippen molar-refractivity contribution in [1.29, 1.82) is 0 Å². The van der Waals surface area contributed by atoms with Gasteiger partial charge in [-0.2, -0.15) is 0 Å². The number of rotatable bonds is 1. The van der Waals surface area contributed by atoms with Crippen LogP contribution >= 0.6 is 0 Å². The Balaban J connectivity index is 3.04. The van der Waals surface area contributed by atoms with Gasteiger partial charge in [0.15, 0.2) is 0 Å². The summed E-state index contributed by atoms with van der Waals surface area (Å²) in [7, 11) is 1.34. The molecule has 11 heavy (non-hydrogen) atoms. The Labute approximate surface area is 67.2 Å². The fourth-order valence-corrected chi connectivity index (χ4v) is 0.829. The average Bonchev–Trinajstić information content (AvgIpc) is 2.16. The first-order chi connectivity index (χ1) is 5.79. The number of aryl methyl sites for hydroxylation is 1. The van der Waals surface area contributed by atoms with Crippen molar-refractivity contribution in [2.24, 2.45) is 0 Å². The van der Waals surface area contributed by atoms with Crippen LogP contribution in [0, 0.1) is 6.90 Å². The third-order valence-corrected chi connectivity index (χ3v) is 1.42. The molecule has 1 rings (SSSR count). The van der Waals surface area contributed by atoms with Crippen molar-refractivity contribution in [3.05, 3.63) is 35.4 Å². The molecule has 58 valence electrons. The summed E-state index contributed by atoms with van der Waals surface area (Å²) in [5, 5.41) is 0. The summed E-state index contributed by atoms with van der Waals surface area (Å²) in [6.45, 7) is 0.102. The minimum atomic E-state index is -0.377. The maximum atomic E-state index is 11.1. The quantitative estimate of drug-likeness (QED) is 0.572. The molecule has 1 aromatic rings. The summed E-state index contributed by atoms with van der Waals surface area (Å²) in [5.74, 6) is -0.377. The van der Waals surface area contributed by atoms with Crippen LogP contribution in [-0.4, -0.2) is 13.1 Å². The molecule has 0 aromatic heterocycles. The largest absolute Gasteiger partial charge is 0.465 e. The summed E-state index contributed by atoms with van der Waals surface area (Å²) in [5.41, 5.74) is 1.18. The lowest BCUT2D eigenvalue weighted by molar-refractivity contribution is 0.0600. The van der Waals surface area contributed by atoms with Gasteiger partial charge in [-0.05, 0) is 18.5 Å². The topological polar surface area (TPSA) is 26.3 Å². The summed E-state index contributed by atoms with van der Waals surface area (Å²) in [6.07, 6.45) is 0. The number of methoxy groups -OCH3 is 1. The fourth-order valence-electron chi connectivity index (χ4n) is 0.829. The van der Waals surface area contributed by atoms with Crippen molar-refractivity contribution < 1.29 is 10.9 Å². The predicted molar refractivity (Wildman–Crippen MR) is 42.5 cm³/mol. The molecule has 0 saturated carbocycles. The fraction of sp³-hybridized carbons (Fsp3) is 0.222. The SMILES string of the molecule is [2H]Cc1ccccc1C(=O)OC. The molecule has 0 radical (unpaired) electrons. The van der Waals surface area contributed by atoms with E-state index in [-0.39, 0.29) is 12.9 Å². The average molecular weight is 151 g/mol. The van der Waals surface area contributed by atoms with Gasteiger partial charge < -0.3 is 4.74 Å². The standard InChI is InChI=1S/C9H10O2/c1-7-5-3-4-6-8(7)9(10)11-2/h3-6H,1-2H3/i1D. The number of benzene rings is 1. The van der Waals surface area contributed by atoms with Gasteiger partial charge in [0.1, 0.15) is 0 Å². The van der Waals surface area contributed by atoms with E-state index in [4.69, 9.17) is 1.37 Å². The lowest BCUT2D eigenvalue weighted by atomic mass is 10.1. The Kier molecular flexibility index (Phi) is 1.86. The van der Waals surface area contributed by atoms with Gasteiger partial charge in [0.05, 0.1) is 12.7 Å². The smallest absolute Gasteiger partial charge is 0.338 e. The van der Waals surface area contributed by atoms with Crippen molar-refractivity contribution in [2.45, 2.75) is 6.90 Å². The Hall–Kier alpha value is -1.31. The predicted octanol–water partition coefficient (Wildman–Crippen LogP) is 1.78. The minimum absolute atomic E-state index is 0.102. The lowest BCUT2D eigenvalue weighted by Gasteiger charge is -2.00. The molecule has 0 unspecified atom stereocenters. The molecular formula is C9H10O2. The Bertz CT molecular complexity index is 284. The van der Waals surface area contributed by atoms with Gasteiger partial charge in [-0.25, -0.2) is 4.79 Å². The van der Waals surface area contributed by atoms with Crippen LogP contribution in [0.2, 0.25) is 0 Å². The Morgan fingerprint density at radius 1 is 1.55 bits per heavy atom. The van der Waals surface area contributed by atoms with Gasteiger partial charge >= 0.3 is 5.97 Å². The van der Waals surface area contributed by atoms with Gasteiger partial charge in [-0.1, -0.05) is 18.2 Å². The van der Waals surface area contributed by atoms with Crippen molar-refractivity contribution >= 4 is 5.97 Å². The van der Waals surface area contributed by atoms with Gasteiger partial charge in [-0.15, -0.1) is 0 Å². The molecule has 2 heteroatoms. The van der Waals surface area contributed by atoms with Gasteiger partial charge in [-0.3, -0.25) is 0 Å². The summed E-state index contributed by atoms with van der Waals surface area (Å²) in [4.78, 5) is 11.1. The number of hydrogen-bond donors (Lipinski definition) is 0. The van der Waals surface area contributed by atoms with Crippen LogP contribution in [-0.2, 0) is 4.74 Å². The van der Waals surface area contributed by atoms with Crippen LogP contribution in [0.3, 0.4) is 0 Å². The normalized spacial score (nSPS) is 10.5. The zero-order chi connectivity index (χ0) is 8.97. The molecule has 0 heterocycles. The van der Waals surface area contributed by atoms with E-state index in [2.05, 4.69) is 4.74 Å². The van der Waals surface area contributed by atoms with Crippen LogP contribution in [0.15, 0.2) is 24.3 Å². The van der Waals surface area contributed by atoms with Crippen molar-refractivity contribution in [3.63, 3.8) is 0 Å². The molecule has 0 aliphatic heterocycles. The van der Waals surface area contributed by atoms with E-state index in [1.807, 2.05) is 0 Å². The van der Waals surface area contributed by atoms with Crippen LogP contribution < -0.4 is 0 Å². The zero-order valence-corrected chi connectivity index (χ0v) is 6.33. The van der Waals surface area contributed by atoms with Crippen LogP contribution in [0.4, 0.5) is 0 Å². The van der Waals surface area contributed by atoms with E-state index in [1.165, 1.54) is 7.11 Å². The number of esters is 1. The van der Waals surface area contributed by atoms with Gasteiger partial charge in [0.25, 0.3) is 0 Å². The van der Waals surface area contributed by atoms with Gasteiger partial charge in [0.2, 0.25) is 0 Å². The number of hydrogen-bond acceptors (Lipinski definition) is 2. The van der Waals surface area contributed by atoms with Crippen LogP contribution in [0.1, 0.15) is 17.3 Å². The first-order valence-corrected chi connectivity index (χ1v) is 3.25. The highest BCUT2D eigenvalue weighted by molar-refractivity contribution is 5.90. The van der Waals surface area contributed by atoms with E-state index >= 15 is 0 Å². The van der Waals surface area contributed by atoms with Crippen molar-refractivity contribution in [2.75, 3.05) is 7.11 Å². The second-order valence-electron chi connectivity index (χ2n) is 2.15. The third kappa shape index (κ3) is 1.58. The molecule has 0 saturated heterocycles. The second kappa shape index (κ2) is 3.19. The Morgan fingerprint density at radius 3 is 2.91 bits per heavy atom. The minimum Gasteiger partial charge on any atom is -0.465 e. The number of ether oxygens (including phenoxy) is 1. The number of carbonyl (C=O) groups excluding carboxylic acids is 1. The molecule has 0 fully saturated rings. The Morgan fingerprint density at radius 2 is 2.27 bits per heavy atom. The highest BCUT2D eigenvalue weighted by Crippen LogP contribution is 2.07. The summed E-state index contributed by atoms with van der Waals surface area (Å²) in [6, 6.07) is 6.97. The van der Waals surface area contributed by atoms with Crippen molar-refractivity contribution in [1.82, 2.24) is 0 Å².